The molecule has 0 spiro atoms. The lowest BCUT2D eigenvalue weighted by Crippen LogP contribution is -2.36. The molecule has 1 aromatic carbocycles. The molecule has 0 bridgehead atoms. The third-order valence-electron chi connectivity index (χ3n) is 3.45. The molecular weight excluding hydrogens is 322 g/mol. The molecule has 1 rings (SSSR count). The fourth-order valence-electron chi connectivity index (χ4n) is 2.31. The summed E-state index contributed by atoms with van der Waals surface area (Å²) in [6, 6.07) is 5.06. The van der Waals surface area contributed by atoms with Crippen LogP contribution in [0.2, 0.25) is 0 Å². The number of carbonyl (C=O) groups excluding carboxylic acids is 1. The van der Waals surface area contributed by atoms with E-state index in [4.69, 9.17) is 14.6 Å². The van der Waals surface area contributed by atoms with Crippen LogP contribution in [0, 0.1) is 11.8 Å². The molecule has 140 valence electrons. The van der Waals surface area contributed by atoms with Crippen molar-refractivity contribution in [3.05, 3.63) is 23.8 Å². The van der Waals surface area contributed by atoms with Crippen LogP contribution in [0.1, 0.15) is 44.5 Å². The van der Waals surface area contributed by atoms with Gasteiger partial charge in [0.25, 0.3) is 5.91 Å². The Balaban J connectivity index is 2.97. The van der Waals surface area contributed by atoms with Crippen LogP contribution < -0.4 is 9.47 Å². The fraction of sp³-hybridized carbons (Fsp3) is 0.579. The summed E-state index contributed by atoms with van der Waals surface area (Å²) in [5.74, 6) is 0.583. The number of hydrogen-bond donors (Lipinski definition) is 1. The first-order valence-electron chi connectivity index (χ1n) is 8.56. The molecule has 0 fully saturated rings. The molecule has 0 saturated carbocycles. The molecule has 0 saturated heterocycles. The number of carbonyl (C=O) groups is 2. The zero-order chi connectivity index (χ0) is 19.0. The van der Waals surface area contributed by atoms with Gasteiger partial charge in [0.2, 0.25) is 0 Å². The van der Waals surface area contributed by atoms with Crippen LogP contribution in [0.25, 0.3) is 0 Å². The Hall–Kier alpha value is -2.24. The van der Waals surface area contributed by atoms with Gasteiger partial charge in [-0.05, 0) is 30.0 Å². The van der Waals surface area contributed by atoms with Crippen LogP contribution in [0.3, 0.4) is 0 Å². The molecule has 0 aliphatic carbocycles. The van der Waals surface area contributed by atoms with Crippen molar-refractivity contribution in [1.82, 2.24) is 4.90 Å². The molecule has 0 aliphatic rings. The molecule has 0 unspecified atom stereocenters. The Bertz CT molecular complexity index is 583. The van der Waals surface area contributed by atoms with Gasteiger partial charge in [0, 0.05) is 18.7 Å². The number of amides is 1. The van der Waals surface area contributed by atoms with Gasteiger partial charge in [-0.2, -0.15) is 0 Å². The number of benzene rings is 1. The minimum absolute atomic E-state index is 0.0782. The van der Waals surface area contributed by atoms with Crippen molar-refractivity contribution in [1.29, 1.82) is 0 Å². The van der Waals surface area contributed by atoms with E-state index in [-0.39, 0.29) is 24.8 Å². The highest BCUT2D eigenvalue weighted by molar-refractivity contribution is 5.95. The Morgan fingerprint density at radius 3 is 2.32 bits per heavy atom. The fourth-order valence-corrected chi connectivity index (χ4v) is 2.31. The maximum Gasteiger partial charge on any atom is 0.305 e. The van der Waals surface area contributed by atoms with E-state index in [1.54, 1.807) is 23.1 Å². The number of hydrogen-bond acceptors (Lipinski definition) is 4. The van der Waals surface area contributed by atoms with Gasteiger partial charge in [-0.3, -0.25) is 9.59 Å². The topological polar surface area (TPSA) is 76.1 Å². The van der Waals surface area contributed by atoms with Gasteiger partial charge in [-0.15, -0.1) is 0 Å². The van der Waals surface area contributed by atoms with Gasteiger partial charge in [0.05, 0.1) is 20.1 Å². The smallest absolute Gasteiger partial charge is 0.305 e. The molecule has 0 aliphatic heterocycles. The molecule has 0 heterocycles. The Labute approximate surface area is 149 Å². The van der Waals surface area contributed by atoms with Crippen LogP contribution in [0.5, 0.6) is 11.5 Å². The molecule has 6 nitrogen and oxygen atoms in total. The van der Waals surface area contributed by atoms with Crippen molar-refractivity contribution in [2.45, 2.75) is 34.1 Å². The monoisotopic (exact) mass is 351 g/mol. The van der Waals surface area contributed by atoms with Crippen LogP contribution >= 0.6 is 0 Å². The van der Waals surface area contributed by atoms with E-state index in [0.717, 1.165) is 0 Å². The SMILES string of the molecule is COc1cc(C(=O)N(CCC(=O)O)CC(C)C)ccc1OCC(C)C. The molecule has 0 atom stereocenters. The van der Waals surface area contributed by atoms with Crippen molar-refractivity contribution in [3.8, 4) is 11.5 Å². The van der Waals surface area contributed by atoms with Crippen LogP contribution in [-0.2, 0) is 4.79 Å². The average molecular weight is 351 g/mol. The number of ether oxygens (including phenoxy) is 2. The molecule has 1 N–H and O–H groups in total. The first-order valence-corrected chi connectivity index (χ1v) is 8.56. The van der Waals surface area contributed by atoms with Gasteiger partial charge >= 0.3 is 5.97 Å². The van der Waals surface area contributed by atoms with Gasteiger partial charge in [-0.1, -0.05) is 27.7 Å². The van der Waals surface area contributed by atoms with E-state index in [0.29, 0.717) is 36.1 Å². The molecule has 1 aromatic rings. The second-order valence-corrected chi connectivity index (χ2v) is 6.86. The van der Waals surface area contributed by atoms with Crippen LogP contribution in [-0.4, -0.2) is 48.7 Å². The lowest BCUT2D eigenvalue weighted by atomic mass is 10.1. The quantitative estimate of drug-likeness (QED) is 0.700. The Morgan fingerprint density at radius 2 is 1.80 bits per heavy atom. The summed E-state index contributed by atoms with van der Waals surface area (Å²) < 4.78 is 11.0. The summed E-state index contributed by atoms with van der Waals surface area (Å²) in [6.07, 6.45) is -0.0782. The summed E-state index contributed by atoms with van der Waals surface area (Å²) in [7, 11) is 1.53. The molecule has 0 radical (unpaired) electrons. The van der Waals surface area contributed by atoms with Crippen molar-refractivity contribution in [2.24, 2.45) is 11.8 Å². The first kappa shape index (κ1) is 20.8. The summed E-state index contributed by atoms with van der Waals surface area (Å²) in [5, 5.41) is 8.90. The van der Waals surface area contributed by atoms with E-state index in [2.05, 4.69) is 13.8 Å². The lowest BCUT2D eigenvalue weighted by molar-refractivity contribution is -0.137. The van der Waals surface area contributed by atoms with E-state index in [9.17, 15) is 9.59 Å². The summed E-state index contributed by atoms with van der Waals surface area (Å²) in [6.45, 7) is 9.32. The van der Waals surface area contributed by atoms with Gasteiger partial charge in [-0.25, -0.2) is 0 Å². The van der Waals surface area contributed by atoms with E-state index < -0.39 is 5.97 Å². The average Bonchev–Trinajstić information content (AvgIpc) is 2.55. The van der Waals surface area contributed by atoms with E-state index in [1.807, 2.05) is 13.8 Å². The Kier molecular flexibility index (Phi) is 8.25. The lowest BCUT2D eigenvalue weighted by Gasteiger charge is -2.24. The standard InChI is InChI=1S/C19H29NO5/c1-13(2)11-20(9-8-18(21)22)19(23)15-6-7-16(17(10-15)24-5)25-12-14(3)4/h6-7,10,13-14H,8-9,11-12H2,1-5H3,(H,21,22). The largest absolute Gasteiger partial charge is 0.493 e. The second kappa shape index (κ2) is 9.91. The highest BCUT2D eigenvalue weighted by atomic mass is 16.5. The van der Waals surface area contributed by atoms with Crippen LogP contribution in [0.4, 0.5) is 0 Å². The number of nitrogens with zero attached hydrogens (tertiary/aromatic N) is 1. The third kappa shape index (κ3) is 7.03. The number of aliphatic carboxylic acids is 1. The number of methoxy groups -OCH3 is 1. The highest BCUT2D eigenvalue weighted by Crippen LogP contribution is 2.29. The van der Waals surface area contributed by atoms with Gasteiger partial charge in [0.1, 0.15) is 0 Å². The van der Waals surface area contributed by atoms with Crippen molar-refractivity contribution >= 4 is 11.9 Å². The molecule has 1 amide bonds. The normalized spacial score (nSPS) is 10.8. The van der Waals surface area contributed by atoms with Crippen molar-refractivity contribution in [2.75, 3.05) is 26.8 Å². The number of carboxylic acids is 1. The maximum atomic E-state index is 12.8. The van der Waals surface area contributed by atoms with Crippen LogP contribution in [0.15, 0.2) is 18.2 Å². The minimum Gasteiger partial charge on any atom is -0.493 e. The summed E-state index contributed by atoms with van der Waals surface area (Å²) in [4.78, 5) is 25.2. The summed E-state index contributed by atoms with van der Waals surface area (Å²) >= 11 is 0. The number of carboxylic acid groups (broad SMARTS) is 1. The van der Waals surface area contributed by atoms with Gasteiger partial charge in [0.15, 0.2) is 11.5 Å². The van der Waals surface area contributed by atoms with Crippen molar-refractivity contribution < 1.29 is 24.2 Å². The predicted molar refractivity (Wildman–Crippen MR) is 96.3 cm³/mol. The second-order valence-electron chi connectivity index (χ2n) is 6.86. The maximum absolute atomic E-state index is 12.8. The molecular formula is C19H29NO5. The third-order valence-corrected chi connectivity index (χ3v) is 3.45. The zero-order valence-corrected chi connectivity index (χ0v) is 15.7. The Morgan fingerprint density at radius 1 is 1.12 bits per heavy atom. The van der Waals surface area contributed by atoms with E-state index >= 15 is 0 Å². The number of rotatable bonds is 10. The highest BCUT2D eigenvalue weighted by Gasteiger charge is 2.19. The summed E-state index contributed by atoms with van der Waals surface area (Å²) in [5.41, 5.74) is 0.458. The predicted octanol–water partition coefficient (Wildman–Crippen LogP) is 3.30. The van der Waals surface area contributed by atoms with E-state index in [1.165, 1.54) is 7.11 Å². The molecule has 25 heavy (non-hydrogen) atoms. The minimum atomic E-state index is -0.920. The first-order chi connectivity index (χ1) is 11.7. The molecule has 6 heteroatoms. The van der Waals surface area contributed by atoms with Crippen molar-refractivity contribution in [3.63, 3.8) is 0 Å². The van der Waals surface area contributed by atoms with Gasteiger partial charge < -0.3 is 19.5 Å². The zero-order valence-electron chi connectivity index (χ0n) is 15.7. The molecule has 0 aromatic heterocycles.